The molecule has 1 unspecified atom stereocenters. The molecule has 2 aromatic carbocycles. The summed E-state index contributed by atoms with van der Waals surface area (Å²) in [5.74, 6) is 0.0193. The van der Waals surface area contributed by atoms with Gasteiger partial charge in [0.05, 0.1) is 6.54 Å². The van der Waals surface area contributed by atoms with Gasteiger partial charge < -0.3 is 14.9 Å². The van der Waals surface area contributed by atoms with E-state index in [1.54, 1.807) is 19.0 Å². The maximum atomic E-state index is 12.7. The Morgan fingerprint density at radius 3 is 2.03 bits per heavy atom. The molecule has 4 rings (SSSR count). The molecular weight excluding hydrogens is 400 g/mol. The molecule has 32 heavy (non-hydrogen) atoms. The maximum absolute atomic E-state index is 12.7. The van der Waals surface area contributed by atoms with E-state index in [-0.39, 0.29) is 23.5 Å². The molecule has 2 fully saturated rings. The van der Waals surface area contributed by atoms with Gasteiger partial charge in [-0.05, 0) is 57.5 Å². The number of amides is 1. The molecular formula is C26H36N4O2. The Hall–Kier alpha value is -2.41. The van der Waals surface area contributed by atoms with E-state index in [9.17, 15) is 9.90 Å². The molecule has 1 saturated carbocycles. The third kappa shape index (κ3) is 3.91. The van der Waals surface area contributed by atoms with Crippen molar-refractivity contribution < 1.29 is 9.90 Å². The van der Waals surface area contributed by atoms with Crippen LogP contribution >= 0.6 is 0 Å². The number of benzene rings is 2. The fourth-order valence-corrected chi connectivity index (χ4v) is 5.60. The van der Waals surface area contributed by atoms with Crippen LogP contribution in [0.3, 0.4) is 0 Å². The van der Waals surface area contributed by atoms with E-state index in [1.807, 2.05) is 40.1 Å². The van der Waals surface area contributed by atoms with E-state index in [4.69, 9.17) is 0 Å². The van der Waals surface area contributed by atoms with Crippen molar-refractivity contribution >= 4 is 11.6 Å². The zero-order valence-electron chi connectivity index (χ0n) is 19.7. The zero-order chi connectivity index (χ0) is 22.9. The van der Waals surface area contributed by atoms with Gasteiger partial charge in [0.15, 0.2) is 6.35 Å². The topological polar surface area (TPSA) is 50.3 Å². The molecule has 1 amide bonds. The molecule has 1 spiro atoms. The van der Waals surface area contributed by atoms with Crippen molar-refractivity contribution in [3.63, 3.8) is 0 Å². The quantitative estimate of drug-likeness (QED) is 0.781. The van der Waals surface area contributed by atoms with Gasteiger partial charge in [-0.1, -0.05) is 48.5 Å². The summed E-state index contributed by atoms with van der Waals surface area (Å²) in [7, 11) is 7.88. The third-order valence-corrected chi connectivity index (χ3v) is 7.70. The number of carbonyl (C=O) groups is 1. The maximum Gasteiger partial charge on any atom is 0.236 e. The second kappa shape index (κ2) is 8.85. The molecule has 1 aliphatic heterocycles. The van der Waals surface area contributed by atoms with Crippen molar-refractivity contribution in [2.24, 2.45) is 0 Å². The largest absolute Gasteiger partial charge is 0.361 e. The van der Waals surface area contributed by atoms with Crippen LogP contribution in [0.1, 0.15) is 31.2 Å². The highest BCUT2D eigenvalue weighted by Crippen LogP contribution is 2.49. The summed E-state index contributed by atoms with van der Waals surface area (Å²) >= 11 is 0. The van der Waals surface area contributed by atoms with Crippen molar-refractivity contribution in [1.82, 2.24) is 14.7 Å². The Labute approximate surface area is 192 Å². The molecule has 6 nitrogen and oxygen atoms in total. The van der Waals surface area contributed by atoms with Crippen LogP contribution in [0, 0.1) is 0 Å². The van der Waals surface area contributed by atoms with Crippen LogP contribution in [-0.2, 0) is 10.3 Å². The van der Waals surface area contributed by atoms with E-state index in [0.717, 1.165) is 37.9 Å². The van der Waals surface area contributed by atoms with Gasteiger partial charge >= 0.3 is 0 Å². The van der Waals surface area contributed by atoms with Crippen molar-refractivity contribution in [2.75, 3.05) is 46.2 Å². The van der Waals surface area contributed by atoms with Crippen LogP contribution in [0.25, 0.3) is 0 Å². The van der Waals surface area contributed by atoms with Crippen LogP contribution < -0.4 is 4.90 Å². The predicted molar refractivity (Wildman–Crippen MR) is 128 cm³/mol. The fraction of sp³-hybridized carbons (Fsp3) is 0.500. The summed E-state index contributed by atoms with van der Waals surface area (Å²) in [6.07, 6.45) is 2.98. The van der Waals surface area contributed by atoms with Crippen LogP contribution in [0.2, 0.25) is 0 Å². The lowest BCUT2D eigenvalue weighted by Crippen LogP contribution is -2.57. The van der Waals surface area contributed by atoms with Gasteiger partial charge in [0, 0.05) is 37.4 Å². The molecule has 6 heteroatoms. The number of para-hydroxylation sites is 1. The number of hydrogen-bond acceptors (Lipinski definition) is 5. The van der Waals surface area contributed by atoms with Gasteiger partial charge in [-0.25, -0.2) is 4.90 Å². The summed E-state index contributed by atoms with van der Waals surface area (Å²) in [4.78, 5) is 20.8. The monoisotopic (exact) mass is 436 g/mol. The normalized spacial score (nSPS) is 28.4. The Morgan fingerprint density at radius 1 is 0.938 bits per heavy atom. The molecule has 0 radical (unpaired) electrons. The molecule has 0 bridgehead atoms. The Kier molecular flexibility index (Phi) is 6.30. The Balaban J connectivity index is 1.65. The van der Waals surface area contributed by atoms with Gasteiger partial charge in [-0.15, -0.1) is 0 Å². The van der Waals surface area contributed by atoms with E-state index in [2.05, 4.69) is 49.3 Å². The number of anilines is 1. The van der Waals surface area contributed by atoms with Gasteiger partial charge in [-0.2, -0.15) is 0 Å². The Bertz CT molecular complexity index is 908. The molecule has 0 aromatic heterocycles. The molecule has 1 heterocycles. The molecule has 2 aromatic rings. The first kappa shape index (κ1) is 22.8. The number of aliphatic hydroxyl groups is 1. The number of hydrogen-bond donors (Lipinski definition) is 1. The first-order valence-electron chi connectivity index (χ1n) is 11.5. The van der Waals surface area contributed by atoms with Gasteiger partial charge in [0.1, 0.15) is 0 Å². The third-order valence-electron chi connectivity index (χ3n) is 7.70. The van der Waals surface area contributed by atoms with Gasteiger partial charge in [0.2, 0.25) is 5.91 Å². The van der Waals surface area contributed by atoms with E-state index in [0.29, 0.717) is 0 Å². The lowest BCUT2D eigenvalue weighted by atomic mass is 9.68. The lowest BCUT2D eigenvalue weighted by molar-refractivity contribution is -0.136. The average Bonchev–Trinajstić information content (AvgIpc) is 3.07. The number of likely N-dealkylation sites (N-methyl/N-ethyl adjacent to an activating group) is 1. The second-order valence-corrected chi connectivity index (χ2v) is 9.74. The summed E-state index contributed by atoms with van der Waals surface area (Å²) in [5.41, 5.74) is 2.06. The first-order valence-corrected chi connectivity index (χ1v) is 11.5. The minimum absolute atomic E-state index is 0.0193. The number of nitrogens with zero attached hydrogens (tertiary/aromatic N) is 4. The zero-order valence-corrected chi connectivity index (χ0v) is 19.7. The summed E-state index contributed by atoms with van der Waals surface area (Å²) in [6.45, 7) is 0.939. The standard InChI is InChI=1S/C26H36N4O2/c1-27(2)23(31)19-30-24(32)29(22-13-9-6-10-14-22)20-25(30)15-17-26(18-16-25,28(3)4)21-11-7-5-8-12-21/h5-14,24,32H,15-20H2,1-4H3. The first-order chi connectivity index (χ1) is 15.3. The predicted octanol–water partition coefficient (Wildman–Crippen LogP) is 2.94. The SMILES string of the molecule is CN(C)C(=O)CN1C(O)N(c2ccccc2)CC12CCC(c1ccccc1)(N(C)C)CC2. The molecule has 1 saturated heterocycles. The highest BCUT2D eigenvalue weighted by Gasteiger charge is 2.55. The molecule has 1 N–H and O–H groups in total. The highest BCUT2D eigenvalue weighted by atomic mass is 16.3. The Morgan fingerprint density at radius 2 is 1.50 bits per heavy atom. The van der Waals surface area contributed by atoms with E-state index < -0.39 is 6.35 Å². The molecule has 1 aliphatic carbocycles. The highest BCUT2D eigenvalue weighted by molar-refractivity contribution is 5.78. The molecule has 172 valence electrons. The summed E-state index contributed by atoms with van der Waals surface area (Å²) < 4.78 is 0. The molecule has 1 atom stereocenters. The van der Waals surface area contributed by atoms with E-state index in [1.165, 1.54) is 5.56 Å². The van der Waals surface area contributed by atoms with E-state index >= 15 is 0 Å². The number of rotatable bonds is 5. The van der Waals surface area contributed by atoms with Crippen molar-refractivity contribution in [1.29, 1.82) is 0 Å². The van der Waals surface area contributed by atoms with Crippen molar-refractivity contribution in [3.8, 4) is 0 Å². The lowest BCUT2D eigenvalue weighted by Gasteiger charge is -2.51. The van der Waals surface area contributed by atoms with Crippen LogP contribution in [-0.4, -0.2) is 78.9 Å². The van der Waals surface area contributed by atoms with Gasteiger partial charge in [0.25, 0.3) is 0 Å². The van der Waals surface area contributed by atoms with Crippen LogP contribution in [0.5, 0.6) is 0 Å². The van der Waals surface area contributed by atoms with Gasteiger partial charge in [-0.3, -0.25) is 9.69 Å². The van der Waals surface area contributed by atoms with Crippen LogP contribution in [0.4, 0.5) is 5.69 Å². The van der Waals surface area contributed by atoms with Crippen molar-refractivity contribution in [2.45, 2.75) is 43.1 Å². The number of carbonyl (C=O) groups excluding carboxylic acids is 1. The summed E-state index contributed by atoms with van der Waals surface area (Å²) in [6, 6.07) is 20.8. The fourth-order valence-electron chi connectivity index (χ4n) is 5.60. The van der Waals surface area contributed by atoms with Crippen LogP contribution in [0.15, 0.2) is 60.7 Å². The minimum Gasteiger partial charge on any atom is -0.361 e. The summed E-state index contributed by atoms with van der Waals surface area (Å²) in [5, 5.41) is 11.4. The second-order valence-electron chi connectivity index (χ2n) is 9.74. The van der Waals surface area contributed by atoms with Crippen molar-refractivity contribution in [3.05, 3.63) is 66.2 Å². The minimum atomic E-state index is -0.815. The smallest absolute Gasteiger partial charge is 0.236 e. The average molecular weight is 437 g/mol. The number of aliphatic hydroxyl groups excluding tert-OH is 1. The molecule has 2 aliphatic rings.